The number of aliphatic carboxylic acids is 2. The number of carbonyl (C=O) groups is 2. The average molecular weight is 343 g/mol. The predicted octanol–water partition coefficient (Wildman–Crippen LogP) is -5.01. The van der Waals surface area contributed by atoms with Gasteiger partial charge in [-0.3, -0.25) is 0 Å². The van der Waals surface area contributed by atoms with Gasteiger partial charge in [-0.15, -0.1) is 0 Å². The van der Waals surface area contributed by atoms with Crippen LogP contribution in [0.2, 0.25) is 0 Å². The quantitative estimate of drug-likeness (QED) is 0.343. The first-order valence-corrected chi connectivity index (χ1v) is 3.43. The molecule has 0 atom stereocenters. The molecule has 0 bridgehead atoms. The molecule has 0 rings (SSSR count). The van der Waals surface area contributed by atoms with Crippen LogP contribution in [0.5, 0.6) is 0 Å². The first-order valence-electron chi connectivity index (χ1n) is 3.43. The summed E-state index contributed by atoms with van der Waals surface area (Å²) in [7, 11) is 0. The van der Waals surface area contributed by atoms with Gasteiger partial charge < -0.3 is 35.1 Å². The molecule has 82 valence electrons. The Kier molecular flexibility index (Phi) is 19.3. The molecule has 0 aromatic heterocycles. The Morgan fingerprint density at radius 3 is 1.40 bits per heavy atom. The van der Waals surface area contributed by atoms with E-state index in [1.165, 1.54) is 0 Å². The number of carboxylic acid groups (broad SMARTS) is 2. The van der Waals surface area contributed by atoms with Crippen molar-refractivity contribution in [2.75, 3.05) is 13.2 Å². The summed E-state index contributed by atoms with van der Waals surface area (Å²) in [5.41, 5.74) is 0. The third kappa shape index (κ3) is 24.9. The van der Waals surface area contributed by atoms with Crippen molar-refractivity contribution in [1.29, 1.82) is 0 Å². The van der Waals surface area contributed by atoms with E-state index in [2.05, 4.69) is 0 Å². The van der Waals surface area contributed by atoms with Gasteiger partial charge in [-0.05, 0) is 12.2 Å². The van der Waals surface area contributed by atoms with E-state index >= 15 is 0 Å². The van der Waals surface area contributed by atoms with Crippen LogP contribution in [0.4, 0.5) is 0 Å². The molecule has 0 heterocycles. The molecule has 0 aromatic carbocycles. The summed E-state index contributed by atoms with van der Waals surface area (Å²) in [5, 5.41) is 42.8. The van der Waals surface area contributed by atoms with E-state index in [0.717, 1.165) is 0 Å². The van der Waals surface area contributed by atoms with Gasteiger partial charge in [0.2, 0.25) is 0 Å². The van der Waals surface area contributed by atoms with E-state index in [-0.39, 0.29) is 62.1 Å². The molecule has 0 aliphatic heterocycles. The van der Waals surface area contributed by atoms with E-state index in [1.807, 2.05) is 0 Å². The monoisotopic (exact) mass is 344 g/mol. The standard InChI is InChI=1S/C4H4O4.C3H8O3.Ba/c5-3(6)1-2-4(7)8;4-1-3(6)2-5;/h1-2H,(H,5,6)(H,7,8);3-6H,1-2H2;/q;;+2/p-2/b2-1-;;. The second kappa shape index (κ2) is 14.1. The largest absolute Gasteiger partial charge is 2.00 e. The molecule has 0 spiro atoms. The number of carbonyl (C=O) groups excluding carboxylic acids is 2. The Bertz CT molecular complexity index is 184. The van der Waals surface area contributed by atoms with E-state index in [1.54, 1.807) is 0 Å². The number of aliphatic hydroxyl groups is 3. The Morgan fingerprint density at radius 1 is 1.07 bits per heavy atom. The fourth-order valence-corrected chi connectivity index (χ4v) is 0.194. The molecular weight excluding hydrogens is 333 g/mol. The molecule has 0 aliphatic rings. The van der Waals surface area contributed by atoms with Crippen LogP contribution in [0.1, 0.15) is 0 Å². The van der Waals surface area contributed by atoms with Gasteiger partial charge in [-0.2, -0.15) is 0 Å². The molecule has 0 unspecified atom stereocenters. The topological polar surface area (TPSA) is 141 Å². The fourth-order valence-electron chi connectivity index (χ4n) is 0.194. The van der Waals surface area contributed by atoms with Gasteiger partial charge in [0, 0.05) is 0 Å². The average Bonchev–Trinajstić information content (AvgIpc) is 2.14. The van der Waals surface area contributed by atoms with Crippen LogP contribution >= 0.6 is 0 Å². The molecule has 3 N–H and O–H groups in total. The third-order valence-corrected chi connectivity index (χ3v) is 0.777. The van der Waals surface area contributed by atoms with Gasteiger partial charge in [0.15, 0.2) is 0 Å². The summed E-state index contributed by atoms with van der Waals surface area (Å²) < 4.78 is 0. The van der Waals surface area contributed by atoms with Gasteiger partial charge in [-0.1, -0.05) is 0 Å². The van der Waals surface area contributed by atoms with Gasteiger partial charge in [0.25, 0.3) is 0 Å². The van der Waals surface area contributed by atoms with E-state index in [0.29, 0.717) is 12.2 Å². The second-order valence-electron chi connectivity index (χ2n) is 1.99. The van der Waals surface area contributed by atoms with E-state index in [4.69, 9.17) is 15.3 Å². The predicted molar refractivity (Wildman–Crippen MR) is 45.1 cm³/mol. The zero-order valence-electron chi connectivity index (χ0n) is 7.83. The van der Waals surface area contributed by atoms with Crippen LogP contribution < -0.4 is 10.2 Å². The normalized spacial score (nSPS) is 9.07. The second-order valence-corrected chi connectivity index (χ2v) is 1.99. The first kappa shape index (κ1) is 20.5. The van der Waals surface area contributed by atoms with Crippen LogP contribution in [0.15, 0.2) is 12.2 Å². The van der Waals surface area contributed by atoms with Crippen LogP contribution in [0.25, 0.3) is 0 Å². The summed E-state index contributed by atoms with van der Waals surface area (Å²) >= 11 is 0. The molecule has 0 aromatic rings. The molecule has 0 saturated heterocycles. The minimum absolute atomic E-state index is 0. The third-order valence-electron chi connectivity index (χ3n) is 0.777. The minimum Gasteiger partial charge on any atom is -0.545 e. The van der Waals surface area contributed by atoms with E-state index in [9.17, 15) is 19.8 Å². The van der Waals surface area contributed by atoms with E-state index < -0.39 is 18.0 Å². The van der Waals surface area contributed by atoms with Crippen molar-refractivity contribution in [1.82, 2.24) is 0 Å². The summed E-state index contributed by atoms with van der Waals surface area (Å²) in [5.74, 6) is -3.09. The van der Waals surface area contributed by atoms with Crippen LogP contribution in [0.3, 0.4) is 0 Å². The minimum atomic E-state index is -1.55. The summed E-state index contributed by atoms with van der Waals surface area (Å²) in [6.45, 7) is -0.729. The molecular formula is C7H10BaO7. The first-order chi connectivity index (χ1) is 6.43. The van der Waals surface area contributed by atoms with Crippen molar-refractivity contribution < 1.29 is 35.1 Å². The van der Waals surface area contributed by atoms with Crippen molar-refractivity contribution in [3.8, 4) is 0 Å². The zero-order valence-corrected chi connectivity index (χ0v) is 12.3. The maximum absolute atomic E-state index is 9.41. The van der Waals surface area contributed by atoms with Gasteiger partial charge in [-0.25, -0.2) is 0 Å². The van der Waals surface area contributed by atoms with Crippen molar-refractivity contribution in [3.05, 3.63) is 12.2 Å². The Hall–Kier alpha value is 0.131. The zero-order chi connectivity index (χ0) is 11.6. The van der Waals surface area contributed by atoms with Crippen molar-refractivity contribution in [3.63, 3.8) is 0 Å². The van der Waals surface area contributed by atoms with Crippen molar-refractivity contribution >= 4 is 60.8 Å². The number of aliphatic hydroxyl groups excluding tert-OH is 3. The molecule has 7 nitrogen and oxygen atoms in total. The fraction of sp³-hybridized carbons (Fsp3) is 0.429. The molecule has 15 heavy (non-hydrogen) atoms. The van der Waals surface area contributed by atoms with Gasteiger partial charge >= 0.3 is 48.9 Å². The molecule has 0 aliphatic carbocycles. The molecule has 0 fully saturated rings. The Labute approximate surface area is 126 Å². The van der Waals surface area contributed by atoms with Crippen molar-refractivity contribution in [2.24, 2.45) is 0 Å². The van der Waals surface area contributed by atoms with Gasteiger partial charge in [0.05, 0.1) is 25.2 Å². The molecule has 0 radical (unpaired) electrons. The Balaban J connectivity index is -0.000000187. The number of hydrogen-bond acceptors (Lipinski definition) is 7. The summed E-state index contributed by atoms with van der Waals surface area (Å²) in [6.07, 6.45) is -0.185. The molecule has 0 saturated carbocycles. The van der Waals surface area contributed by atoms with Crippen LogP contribution in [0, 0.1) is 0 Å². The SMILES string of the molecule is O=C([O-])/C=C\C(=O)[O-].OCC(O)CO.[Ba+2]. The van der Waals surface area contributed by atoms with Crippen LogP contribution in [-0.4, -0.2) is 95.5 Å². The molecule has 0 amide bonds. The smallest absolute Gasteiger partial charge is 0.545 e. The maximum atomic E-state index is 9.41. The van der Waals surface area contributed by atoms with Crippen LogP contribution in [-0.2, 0) is 9.59 Å². The maximum Gasteiger partial charge on any atom is 2.00 e. The molecule has 8 heteroatoms. The van der Waals surface area contributed by atoms with Crippen molar-refractivity contribution in [2.45, 2.75) is 6.10 Å². The summed E-state index contributed by atoms with van der Waals surface area (Å²) in [4.78, 5) is 18.8. The number of rotatable bonds is 4. The van der Waals surface area contributed by atoms with Gasteiger partial charge in [0.1, 0.15) is 6.10 Å². The summed E-state index contributed by atoms with van der Waals surface area (Å²) in [6, 6.07) is 0. The number of hydrogen-bond donors (Lipinski definition) is 3. The number of carboxylic acids is 2. The Morgan fingerprint density at radius 2 is 1.33 bits per heavy atom.